The summed E-state index contributed by atoms with van der Waals surface area (Å²) in [5.41, 5.74) is 3.18. The van der Waals surface area contributed by atoms with E-state index in [4.69, 9.17) is 0 Å². The Labute approximate surface area is 140 Å². The highest BCUT2D eigenvalue weighted by atomic mass is 16.2. The van der Waals surface area contributed by atoms with Crippen LogP contribution in [-0.2, 0) is 4.79 Å². The molecule has 1 aromatic rings. The van der Waals surface area contributed by atoms with Crippen molar-refractivity contribution in [3.05, 3.63) is 29.3 Å². The molecule has 126 valence electrons. The first-order chi connectivity index (χ1) is 11.0. The Morgan fingerprint density at radius 1 is 1.09 bits per heavy atom. The zero-order valence-electron chi connectivity index (χ0n) is 15.0. The first kappa shape index (κ1) is 16.5. The third kappa shape index (κ3) is 2.80. The maximum atomic E-state index is 13.3. The molecule has 0 unspecified atom stereocenters. The maximum Gasteiger partial charge on any atom is 0.285 e. The molecule has 1 aliphatic heterocycles. The molecular formula is C20H31N2O+. The van der Waals surface area contributed by atoms with Gasteiger partial charge in [-0.3, -0.25) is 4.79 Å². The van der Waals surface area contributed by atoms with Gasteiger partial charge in [-0.25, -0.2) is 0 Å². The lowest BCUT2D eigenvalue weighted by Gasteiger charge is -2.43. The maximum absolute atomic E-state index is 13.3. The second kappa shape index (κ2) is 6.27. The summed E-state index contributed by atoms with van der Waals surface area (Å²) in [6.45, 7) is 9.88. The van der Waals surface area contributed by atoms with Gasteiger partial charge in [-0.2, -0.15) is 0 Å². The van der Waals surface area contributed by atoms with Gasteiger partial charge in [0.2, 0.25) is 0 Å². The van der Waals surface area contributed by atoms with Crippen molar-refractivity contribution in [3.8, 4) is 0 Å². The topological polar surface area (TPSA) is 29.1 Å². The minimum absolute atomic E-state index is 0.159. The van der Waals surface area contributed by atoms with E-state index in [2.05, 4.69) is 44.3 Å². The van der Waals surface area contributed by atoms with Gasteiger partial charge in [0.15, 0.2) is 5.54 Å². The molecule has 0 atom stereocenters. The smallest absolute Gasteiger partial charge is 0.285 e. The Bertz CT molecular complexity index is 561. The lowest BCUT2D eigenvalue weighted by Crippen LogP contribution is -2.62. The fraction of sp³-hybridized carbons (Fsp3) is 0.650. The summed E-state index contributed by atoms with van der Waals surface area (Å²) in [5.74, 6) is 0.263. The van der Waals surface area contributed by atoms with Crippen LogP contribution in [0.15, 0.2) is 18.2 Å². The van der Waals surface area contributed by atoms with Crippen LogP contribution in [0.2, 0.25) is 0 Å². The number of nitrogens with one attached hydrogen (secondary N) is 1. The van der Waals surface area contributed by atoms with Crippen molar-refractivity contribution in [2.75, 3.05) is 25.0 Å². The lowest BCUT2D eigenvalue weighted by atomic mass is 10.1. The molecule has 0 aromatic heterocycles. The van der Waals surface area contributed by atoms with Gasteiger partial charge in [-0.1, -0.05) is 18.2 Å². The van der Waals surface area contributed by atoms with E-state index in [9.17, 15) is 4.79 Å². The van der Waals surface area contributed by atoms with E-state index in [1.54, 1.807) is 0 Å². The first-order valence-corrected chi connectivity index (χ1v) is 9.28. The first-order valence-electron chi connectivity index (χ1n) is 9.28. The molecule has 2 fully saturated rings. The summed E-state index contributed by atoms with van der Waals surface area (Å²) in [7, 11) is 0. The monoisotopic (exact) mass is 315 g/mol. The van der Waals surface area contributed by atoms with E-state index in [0.29, 0.717) is 0 Å². The zero-order chi connectivity index (χ0) is 16.5. The number of carbonyl (C=O) groups excluding carboxylic acids is 1. The van der Waals surface area contributed by atoms with Crippen LogP contribution in [0.25, 0.3) is 0 Å². The number of rotatable bonds is 4. The number of anilines is 1. The number of para-hydroxylation sites is 1. The van der Waals surface area contributed by atoms with E-state index in [1.807, 2.05) is 0 Å². The fourth-order valence-electron chi connectivity index (χ4n) is 4.62. The number of amides is 1. The predicted molar refractivity (Wildman–Crippen MR) is 95.5 cm³/mol. The van der Waals surface area contributed by atoms with Gasteiger partial charge in [0, 0.05) is 18.5 Å². The second-order valence-electron chi connectivity index (χ2n) is 7.58. The van der Waals surface area contributed by atoms with Crippen LogP contribution in [0.1, 0.15) is 56.6 Å². The highest BCUT2D eigenvalue weighted by molar-refractivity contribution is 6.00. The number of nitrogens with zero attached hydrogens (tertiary/aromatic N) is 1. The van der Waals surface area contributed by atoms with E-state index < -0.39 is 0 Å². The summed E-state index contributed by atoms with van der Waals surface area (Å²) in [4.78, 5) is 13.3. The normalized spacial score (nSPS) is 22.2. The number of hydrogen-bond acceptors (Lipinski definition) is 1. The standard InChI is InChI=1S/C20H30N2O/c1-4-22(14-7-5-6-8-15-22)20(12-13-20)19(23)21-18-16(2)10-9-11-17(18)3/h9-11H,4-8,12-15H2,1-3H3/p+1. The van der Waals surface area contributed by atoms with Crippen molar-refractivity contribution in [2.45, 2.75) is 64.8 Å². The molecule has 1 saturated carbocycles. The van der Waals surface area contributed by atoms with Crippen LogP contribution >= 0.6 is 0 Å². The van der Waals surface area contributed by atoms with E-state index in [-0.39, 0.29) is 11.4 Å². The molecule has 3 nitrogen and oxygen atoms in total. The van der Waals surface area contributed by atoms with E-state index in [0.717, 1.165) is 40.7 Å². The Balaban J connectivity index is 1.86. The Hall–Kier alpha value is -1.35. The molecule has 2 aliphatic rings. The number of likely N-dealkylation sites (N-methyl/N-ethyl adjacent to an activating group) is 1. The molecule has 3 heteroatoms. The minimum Gasteiger partial charge on any atom is -0.320 e. The van der Waals surface area contributed by atoms with Gasteiger partial charge in [-0.05, 0) is 57.6 Å². The van der Waals surface area contributed by atoms with Crippen molar-refractivity contribution >= 4 is 11.6 Å². The second-order valence-corrected chi connectivity index (χ2v) is 7.58. The molecular weight excluding hydrogens is 284 g/mol. The molecule has 1 amide bonds. The fourth-order valence-corrected chi connectivity index (χ4v) is 4.62. The largest absolute Gasteiger partial charge is 0.320 e. The quantitative estimate of drug-likeness (QED) is 0.830. The van der Waals surface area contributed by atoms with Gasteiger partial charge >= 0.3 is 0 Å². The summed E-state index contributed by atoms with van der Waals surface area (Å²) >= 11 is 0. The van der Waals surface area contributed by atoms with Crippen LogP contribution < -0.4 is 5.32 Å². The number of aryl methyl sites for hydroxylation is 2. The number of carbonyl (C=O) groups is 1. The predicted octanol–water partition coefficient (Wildman–Crippen LogP) is 4.19. The van der Waals surface area contributed by atoms with Crippen molar-refractivity contribution in [2.24, 2.45) is 0 Å². The summed E-state index contributed by atoms with van der Waals surface area (Å²) < 4.78 is 1.02. The molecule has 0 spiro atoms. The van der Waals surface area contributed by atoms with Crippen LogP contribution in [0.3, 0.4) is 0 Å². The average molecular weight is 315 g/mol. The highest BCUT2D eigenvalue weighted by Crippen LogP contribution is 2.49. The number of likely N-dealkylation sites (tertiary alicyclic amines) is 1. The SMILES string of the molecule is CC[N+]1(C2(C(=O)Nc3c(C)cccc3C)CC2)CCCCCC1. The van der Waals surface area contributed by atoms with Gasteiger partial charge in [0.05, 0.1) is 19.6 Å². The Morgan fingerprint density at radius 3 is 2.13 bits per heavy atom. The van der Waals surface area contributed by atoms with Crippen molar-refractivity contribution in [1.29, 1.82) is 0 Å². The lowest BCUT2D eigenvalue weighted by molar-refractivity contribution is -0.950. The molecule has 1 aromatic carbocycles. The average Bonchev–Trinajstić information content (AvgIpc) is 3.35. The summed E-state index contributed by atoms with van der Waals surface area (Å²) in [6.07, 6.45) is 7.30. The van der Waals surface area contributed by atoms with Gasteiger partial charge in [0.1, 0.15) is 0 Å². The molecule has 1 saturated heterocycles. The Morgan fingerprint density at radius 2 is 1.65 bits per heavy atom. The third-order valence-electron chi connectivity index (χ3n) is 6.30. The van der Waals surface area contributed by atoms with Crippen LogP contribution in [0, 0.1) is 13.8 Å². The van der Waals surface area contributed by atoms with Crippen LogP contribution in [0.5, 0.6) is 0 Å². The van der Waals surface area contributed by atoms with Crippen molar-refractivity contribution < 1.29 is 9.28 Å². The van der Waals surface area contributed by atoms with Crippen LogP contribution in [-0.4, -0.2) is 35.6 Å². The molecule has 1 heterocycles. The van der Waals surface area contributed by atoms with E-state index >= 15 is 0 Å². The Kier molecular flexibility index (Phi) is 4.50. The zero-order valence-corrected chi connectivity index (χ0v) is 15.0. The molecule has 23 heavy (non-hydrogen) atoms. The minimum atomic E-state index is -0.159. The van der Waals surface area contributed by atoms with Crippen molar-refractivity contribution in [1.82, 2.24) is 0 Å². The third-order valence-corrected chi connectivity index (χ3v) is 6.30. The summed E-state index contributed by atoms with van der Waals surface area (Å²) in [5, 5.41) is 3.30. The molecule has 1 aliphatic carbocycles. The van der Waals surface area contributed by atoms with Crippen molar-refractivity contribution in [3.63, 3.8) is 0 Å². The highest BCUT2D eigenvalue weighted by Gasteiger charge is 2.64. The van der Waals surface area contributed by atoms with Gasteiger partial charge < -0.3 is 9.80 Å². The number of benzene rings is 1. The molecule has 0 bridgehead atoms. The van der Waals surface area contributed by atoms with Gasteiger partial charge in [-0.15, -0.1) is 0 Å². The number of hydrogen-bond donors (Lipinski definition) is 1. The van der Waals surface area contributed by atoms with Gasteiger partial charge in [0.25, 0.3) is 5.91 Å². The molecule has 3 rings (SSSR count). The molecule has 0 radical (unpaired) electrons. The van der Waals surface area contributed by atoms with Crippen LogP contribution in [0.4, 0.5) is 5.69 Å². The summed E-state index contributed by atoms with van der Waals surface area (Å²) in [6, 6.07) is 6.22. The number of quaternary nitrogens is 1. The molecule has 1 N–H and O–H groups in total. The van der Waals surface area contributed by atoms with E-state index in [1.165, 1.54) is 38.8 Å².